The van der Waals surface area contributed by atoms with Gasteiger partial charge in [-0.05, 0) is 64.0 Å². The molecule has 1 unspecified atom stereocenters. The Morgan fingerprint density at radius 2 is 2.21 bits per heavy atom. The lowest BCUT2D eigenvalue weighted by Gasteiger charge is -2.30. The molecular weight excluding hydrogens is 320 g/mol. The summed E-state index contributed by atoms with van der Waals surface area (Å²) < 4.78 is 1.14. The van der Waals surface area contributed by atoms with Crippen LogP contribution in [0.2, 0.25) is 0 Å². The van der Waals surface area contributed by atoms with E-state index in [1.54, 1.807) is 4.88 Å². The van der Waals surface area contributed by atoms with Gasteiger partial charge >= 0.3 is 0 Å². The van der Waals surface area contributed by atoms with Crippen molar-refractivity contribution in [1.29, 1.82) is 0 Å². The second kappa shape index (κ2) is 5.27. The van der Waals surface area contributed by atoms with Crippen molar-refractivity contribution >= 4 is 33.0 Å². The summed E-state index contributed by atoms with van der Waals surface area (Å²) >= 11 is 5.57. The van der Waals surface area contributed by atoms with Crippen LogP contribution in [0.25, 0.3) is 0 Å². The van der Waals surface area contributed by atoms with Crippen molar-refractivity contribution in [2.75, 3.05) is 11.4 Å². The molecule has 0 fully saturated rings. The minimum absolute atomic E-state index is 0.0789. The predicted octanol–water partition coefficient (Wildman–Crippen LogP) is 4.09. The zero-order valence-corrected chi connectivity index (χ0v) is 13.3. The van der Waals surface area contributed by atoms with Crippen LogP contribution < -0.4 is 10.6 Å². The van der Waals surface area contributed by atoms with Crippen molar-refractivity contribution in [1.82, 2.24) is 0 Å². The predicted molar refractivity (Wildman–Crippen MR) is 85.8 cm³/mol. The van der Waals surface area contributed by atoms with E-state index in [-0.39, 0.29) is 6.04 Å². The molecule has 0 radical (unpaired) electrons. The molecule has 0 saturated carbocycles. The first-order valence-electron chi connectivity index (χ1n) is 6.50. The number of fused-ring (bicyclic) bond motifs is 1. The second-order valence-corrected chi connectivity index (χ2v) is 6.90. The Bertz CT molecular complexity index is 592. The SMILES string of the molecule is CC(N)c1ccc(N2CCc3sccc3C2)c(Br)c1. The number of benzene rings is 1. The van der Waals surface area contributed by atoms with Crippen LogP contribution in [0.3, 0.4) is 0 Å². The second-order valence-electron chi connectivity index (χ2n) is 5.04. The number of hydrogen-bond donors (Lipinski definition) is 1. The molecule has 0 amide bonds. The molecule has 2 aromatic rings. The largest absolute Gasteiger partial charge is 0.366 e. The first kappa shape index (κ1) is 13.2. The molecule has 4 heteroatoms. The maximum Gasteiger partial charge on any atom is 0.0514 e. The molecule has 1 aromatic carbocycles. The molecule has 1 aromatic heterocycles. The lowest BCUT2D eigenvalue weighted by atomic mass is 10.1. The Labute approximate surface area is 126 Å². The van der Waals surface area contributed by atoms with Crippen molar-refractivity contribution in [3.05, 3.63) is 50.1 Å². The smallest absolute Gasteiger partial charge is 0.0514 e. The van der Waals surface area contributed by atoms with Crippen molar-refractivity contribution in [3.63, 3.8) is 0 Å². The third-order valence-corrected chi connectivity index (χ3v) is 5.30. The Hall–Kier alpha value is -0.840. The molecule has 3 rings (SSSR count). The monoisotopic (exact) mass is 336 g/mol. The summed E-state index contributed by atoms with van der Waals surface area (Å²) in [6.07, 6.45) is 1.15. The minimum Gasteiger partial charge on any atom is -0.366 e. The molecule has 100 valence electrons. The highest BCUT2D eigenvalue weighted by Crippen LogP contribution is 2.33. The van der Waals surface area contributed by atoms with E-state index in [2.05, 4.69) is 50.5 Å². The maximum absolute atomic E-state index is 5.93. The van der Waals surface area contributed by atoms with Gasteiger partial charge in [-0.25, -0.2) is 0 Å². The number of rotatable bonds is 2. The molecule has 0 aliphatic carbocycles. The molecule has 0 saturated heterocycles. The van der Waals surface area contributed by atoms with Gasteiger partial charge in [0.15, 0.2) is 0 Å². The number of nitrogens with two attached hydrogens (primary N) is 1. The van der Waals surface area contributed by atoms with Crippen LogP contribution in [0.4, 0.5) is 5.69 Å². The topological polar surface area (TPSA) is 29.3 Å². The van der Waals surface area contributed by atoms with Crippen LogP contribution in [0.15, 0.2) is 34.1 Å². The zero-order valence-electron chi connectivity index (χ0n) is 10.9. The van der Waals surface area contributed by atoms with Gasteiger partial charge in [0, 0.05) is 28.5 Å². The number of hydrogen-bond acceptors (Lipinski definition) is 3. The number of anilines is 1. The van der Waals surface area contributed by atoms with E-state index >= 15 is 0 Å². The molecule has 2 heterocycles. The van der Waals surface area contributed by atoms with Crippen LogP contribution in [0.5, 0.6) is 0 Å². The molecule has 1 aliphatic heterocycles. The van der Waals surface area contributed by atoms with Crippen molar-refractivity contribution < 1.29 is 0 Å². The van der Waals surface area contributed by atoms with Crippen LogP contribution in [0.1, 0.15) is 29.0 Å². The van der Waals surface area contributed by atoms with Gasteiger partial charge < -0.3 is 10.6 Å². The number of nitrogens with zero attached hydrogens (tertiary/aromatic N) is 1. The number of thiophene rings is 1. The van der Waals surface area contributed by atoms with E-state index < -0.39 is 0 Å². The molecule has 0 bridgehead atoms. The van der Waals surface area contributed by atoms with Crippen LogP contribution >= 0.6 is 27.3 Å². The summed E-state index contributed by atoms with van der Waals surface area (Å²) in [6, 6.07) is 8.78. The lowest BCUT2D eigenvalue weighted by molar-refractivity contribution is 0.740. The third kappa shape index (κ3) is 2.57. The standard InChI is InChI=1S/C15H17BrN2S/c1-10(17)11-2-3-14(13(16)8-11)18-6-4-15-12(9-18)5-7-19-15/h2-3,5,7-8,10H,4,6,9,17H2,1H3. The van der Waals surface area contributed by atoms with Gasteiger partial charge in [0.05, 0.1) is 5.69 Å². The molecule has 0 spiro atoms. The Morgan fingerprint density at radius 1 is 1.37 bits per heavy atom. The Kier molecular flexibility index (Phi) is 3.65. The molecule has 19 heavy (non-hydrogen) atoms. The van der Waals surface area contributed by atoms with E-state index in [1.807, 2.05) is 18.3 Å². The molecule has 2 N–H and O–H groups in total. The van der Waals surface area contributed by atoms with E-state index in [0.29, 0.717) is 0 Å². The average molecular weight is 337 g/mol. The first-order valence-corrected chi connectivity index (χ1v) is 8.17. The summed E-state index contributed by atoms with van der Waals surface area (Å²) in [5, 5.41) is 2.20. The summed E-state index contributed by atoms with van der Waals surface area (Å²) in [7, 11) is 0. The van der Waals surface area contributed by atoms with Gasteiger partial charge in [-0.3, -0.25) is 0 Å². The fourth-order valence-corrected chi connectivity index (χ4v) is 4.05. The first-order chi connectivity index (χ1) is 9.15. The minimum atomic E-state index is 0.0789. The fourth-order valence-electron chi connectivity index (χ4n) is 2.52. The summed E-state index contributed by atoms with van der Waals surface area (Å²) in [6.45, 7) is 4.11. The lowest BCUT2D eigenvalue weighted by Crippen LogP contribution is -2.29. The van der Waals surface area contributed by atoms with Gasteiger partial charge in [-0.1, -0.05) is 6.07 Å². The van der Waals surface area contributed by atoms with Gasteiger partial charge in [0.25, 0.3) is 0 Å². The summed E-state index contributed by atoms with van der Waals surface area (Å²) in [5.74, 6) is 0. The van der Waals surface area contributed by atoms with Gasteiger partial charge in [0.1, 0.15) is 0 Å². The van der Waals surface area contributed by atoms with Gasteiger partial charge in [-0.15, -0.1) is 11.3 Å². The van der Waals surface area contributed by atoms with Crippen LogP contribution in [0, 0.1) is 0 Å². The third-order valence-electron chi connectivity index (χ3n) is 3.65. The van der Waals surface area contributed by atoms with Crippen molar-refractivity contribution in [2.45, 2.75) is 25.9 Å². The fraction of sp³-hybridized carbons (Fsp3) is 0.333. The highest BCUT2D eigenvalue weighted by Gasteiger charge is 2.19. The quantitative estimate of drug-likeness (QED) is 0.894. The normalized spacial score (nSPS) is 16.3. The number of halogens is 1. The summed E-state index contributed by atoms with van der Waals surface area (Å²) in [5.41, 5.74) is 9.83. The average Bonchev–Trinajstić information content (AvgIpc) is 2.85. The molecular formula is C15H17BrN2S. The van der Waals surface area contributed by atoms with E-state index in [0.717, 1.165) is 24.0 Å². The van der Waals surface area contributed by atoms with E-state index in [4.69, 9.17) is 5.73 Å². The maximum atomic E-state index is 5.93. The highest BCUT2D eigenvalue weighted by molar-refractivity contribution is 9.10. The van der Waals surface area contributed by atoms with E-state index in [9.17, 15) is 0 Å². The molecule has 2 nitrogen and oxygen atoms in total. The highest BCUT2D eigenvalue weighted by atomic mass is 79.9. The summed E-state index contributed by atoms with van der Waals surface area (Å²) in [4.78, 5) is 3.98. The van der Waals surface area contributed by atoms with Crippen molar-refractivity contribution in [2.24, 2.45) is 5.73 Å². The Balaban J connectivity index is 1.88. The molecule has 1 atom stereocenters. The zero-order chi connectivity index (χ0) is 13.4. The van der Waals surface area contributed by atoms with Crippen LogP contribution in [-0.4, -0.2) is 6.54 Å². The van der Waals surface area contributed by atoms with Crippen LogP contribution in [-0.2, 0) is 13.0 Å². The van der Waals surface area contributed by atoms with Gasteiger partial charge in [0.2, 0.25) is 0 Å². The Morgan fingerprint density at radius 3 is 2.95 bits per heavy atom. The van der Waals surface area contributed by atoms with E-state index in [1.165, 1.54) is 16.8 Å². The van der Waals surface area contributed by atoms with Gasteiger partial charge in [-0.2, -0.15) is 0 Å². The van der Waals surface area contributed by atoms with Crippen molar-refractivity contribution in [3.8, 4) is 0 Å². The molecule has 1 aliphatic rings.